The van der Waals surface area contributed by atoms with Crippen molar-refractivity contribution in [2.45, 2.75) is 31.5 Å². The Hall–Kier alpha value is -3.50. The second-order valence-corrected chi connectivity index (χ2v) is 8.35. The van der Waals surface area contributed by atoms with E-state index in [9.17, 15) is 23.1 Å². The summed E-state index contributed by atoms with van der Waals surface area (Å²) < 4.78 is 47.1. The number of carbonyl (C=O) groups excluding carboxylic acids is 1. The Balaban J connectivity index is 1.56. The maximum absolute atomic E-state index is 15.0. The molecule has 184 valence electrons. The number of hydrogen-bond donors (Lipinski definition) is 3. The Morgan fingerprint density at radius 2 is 1.97 bits per heavy atom. The summed E-state index contributed by atoms with van der Waals surface area (Å²) in [5, 5.41) is 12.2. The van der Waals surface area contributed by atoms with Crippen LogP contribution in [0.3, 0.4) is 0 Å². The molecule has 0 radical (unpaired) electrons. The minimum absolute atomic E-state index is 0.0601. The number of benzene rings is 2. The number of halogens is 3. The molecule has 1 aromatic heterocycles. The van der Waals surface area contributed by atoms with Gasteiger partial charge in [-0.1, -0.05) is 12.1 Å². The number of rotatable bonds is 7. The fraction of sp³-hybridized carbons (Fsp3) is 0.320. The van der Waals surface area contributed by atoms with E-state index >= 15 is 0 Å². The highest BCUT2D eigenvalue weighted by Gasteiger charge is 2.22. The lowest BCUT2D eigenvalue weighted by Crippen LogP contribution is -2.31. The third-order valence-electron chi connectivity index (χ3n) is 5.97. The van der Waals surface area contributed by atoms with E-state index in [-0.39, 0.29) is 28.4 Å². The predicted molar refractivity (Wildman–Crippen MR) is 123 cm³/mol. The summed E-state index contributed by atoms with van der Waals surface area (Å²) in [6, 6.07) is 6.28. The number of anilines is 1. The van der Waals surface area contributed by atoms with Gasteiger partial charge >= 0.3 is 0 Å². The van der Waals surface area contributed by atoms with Crippen LogP contribution in [0.15, 0.2) is 42.6 Å². The molecule has 1 fully saturated rings. The highest BCUT2D eigenvalue weighted by Crippen LogP contribution is 2.30. The molecule has 35 heavy (non-hydrogen) atoms. The molecule has 0 spiro atoms. The molecular formula is C25H25F3N4O3. The van der Waals surface area contributed by atoms with E-state index in [4.69, 9.17) is 10.5 Å². The number of nitrogens with one attached hydrogen (secondary N) is 1. The van der Waals surface area contributed by atoms with Crippen molar-refractivity contribution in [2.75, 3.05) is 25.6 Å². The van der Waals surface area contributed by atoms with Gasteiger partial charge in [-0.25, -0.2) is 23.1 Å². The van der Waals surface area contributed by atoms with E-state index in [1.807, 2.05) is 0 Å². The van der Waals surface area contributed by atoms with Crippen molar-refractivity contribution in [3.8, 4) is 11.3 Å². The van der Waals surface area contributed by atoms with Gasteiger partial charge in [0.2, 0.25) is 0 Å². The quantitative estimate of drug-likeness (QED) is 0.468. The average Bonchev–Trinajstić information content (AvgIpc) is 2.87. The zero-order valence-electron chi connectivity index (χ0n) is 18.8. The number of hydrogen-bond acceptors (Lipinski definition) is 6. The monoisotopic (exact) mass is 486 g/mol. The first-order valence-electron chi connectivity index (χ1n) is 11.2. The van der Waals surface area contributed by atoms with Gasteiger partial charge in [-0.3, -0.25) is 4.79 Å². The van der Waals surface area contributed by atoms with E-state index < -0.39 is 36.9 Å². The molecule has 1 aliphatic heterocycles. The summed E-state index contributed by atoms with van der Waals surface area (Å²) in [6.07, 6.45) is 3.22. The summed E-state index contributed by atoms with van der Waals surface area (Å²) in [5.74, 6) is -2.07. The van der Waals surface area contributed by atoms with Gasteiger partial charge in [0.05, 0.1) is 30.1 Å². The Labute approximate surface area is 200 Å². The van der Waals surface area contributed by atoms with Gasteiger partial charge in [0, 0.05) is 24.7 Å². The van der Waals surface area contributed by atoms with Gasteiger partial charge in [-0.2, -0.15) is 0 Å². The zero-order valence-corrected chi connectivity index (χ0v) is 18.8. The number of carbonyl (C=O) groups is 1. The highest BCUT2D eigenvalue weighted by molar-refractivity contribution is 5.95. The second kappa shape index (κ2) is 10.8. The van der Waals surface area contributed by atoms with Crippen molar-refractivity contribution in [1.29, 1.82) is 0 Å². The number of ether oxygens (including phenoxy) is 1. The summed E-state index contributed by atoms with van der Waals surface area (Å²) >= 11 is 0. The van der Waals surface area contributed by atoms with E-state index in [2.05, 4.69) is 15.3 Å². The van der Waals surface area contributed by atoms with Crippen LogP contribution in [0.25, 0.3) is 11.3 Å². The molecule has 3 aromatic rings. The van der Waals surface area contributed by atoms with Crippen LogP contribution in [0.1, 0.15) is 52.0 Å². The molecule has 1 amide bonds. The summed E-state index contributed by atoms with van der Waals surface area (Å²) in [4.78, 5) is 21.5. The van der Waals surface area contributed by atoms with Crippen molar-refractivity contribution in [3.63, 3.8) is 0 Å². The minimum atomic E-state index is -1.06. The molecule has 4 rings (SSSR count). The summed E-state index contributed by atoms with van der Waals surface area (Å²) in [7, 11) is 0. The molecular weight excluding hydrogens is 461 g/mol. The van der Waals surface area contributed by atoms with Gasteiger partial charge in [0.15, 0.2) is 0 Å². The zero-order chi connectivity index (χ0) is 24.9. The van der Waals surface area contributed by atoms with Crippen molar-refractivity contribution in [1.82, 2.24) is 15.3 Å². The van der Waals surface area contributed by atoms with Crippen LogP contribution >= 0.6 is 0 Å². The standard InChI is InChI=1S/C25H25F3N4O3/c26-11-14-7-17(9-18(27)8-14)22(13-33)32-25(34)19-2-1-16(10-20(19)28)23-24(29)30-12-21(31-23)15-3-5-35-6-4-15/h1-2,7-10,12,15,22,33H,3-6,11,13H2,(H2,29,30)(H,32,34)/t22-/m1/s1. The number of amides is 1. The lowest BCUT2D eigenvalue weighted by atomic mass is 9.96. The first-order chi connectivity index (χ1) is 16.9. The molecule has 2 aromatic carbocycles. The fourth-order valence-corrected chi connectivity index (χ4v) is 4.09. The highest BCUT2D eigenvalue weighted by atomic mass is 19.1. The molecule has 0 saturated carbocycles. The van der Waals surface area contributed by atoms with Crippen LogP contribution in [0, 0.1) is 11.6 Å². The molecule has 0 aliphatic carbocycles. The van der Waals surface area contributed by atoms with Crippen LogP contribution in [-0.4, -0.2) is 40.8 Å². The van der Waals surface area contributed by atoms with E-state index in [0.717, 1.165) is 36.7 Å². The number of nitrogens with two attached hydrogens (primary N) is 1. The lowest BCUT2D eigenvalue weighted by Gasteiger charge is -2.22. The number of aliphatic hydroxyl groups excluding tert-OH is 1. The fourth-order valence-electron chi connectivity index (χ4n) is 4.09. The second-order valence-electron chi connectivity index (χ2n) is 8.35. The van der Waals surface area contributed by atoms with E-state index in [0.29, 0.717) is 24.5 Å². The number of nitrogens with zero attached hydrogens (tertiary/aromatic N) is 2. The SMILES string of the molecule is Nc1ncc(C2CCOCC2)nc1-c1ccc(C(=O)N[C@H](CO)c2cc(F)cc(CF)c2)c(F)c1. The van der Waals surface area contributed by atoms with Crippen LogP contribution in [0.2, 0.25) is 0 Å². The number of aromatic nitrogens is 2. The van der Waals surface area contributed by atoms with E-state index in [1.54, 1.807) is 6.20 Å². The average molecular weight is 486 g/mol. The summed E-state index contributed by atoms with van der Waals surface area (Å²) in [5.41, 5.74) is 7.34. The summed E-state index contributed by atoms with van der Waals surface area (Å²) in [6.45, 7) is -0.242. The first-order valence-corrected chi connectivity index (χ1v) is 11.2. The molecule has 7 nitrogen and oxygen atoms in total. The molecule has 0 unspecified atom stereocenters. The third kappa shape index (κ3) is 5.60. The van der Waals surface area contributed by atoms with E-state index in [1.165, 1.54) is 18.2 Å². The van der Waals surface area contributed by atoms with Crippen LogP contribution in [0.4, 0.5) is 19.0 Å². The molecule has 0 bridgehead atoms. The van der Waals surface area contributed by atoms with Gasteiger partial charge < -0.3 is 20.9 Å². The molecule has 1 atom stereocenters. The van der Waals surface area contributed by atoms with Gasteiger partial charge in [-0.15, -0.1) is 0 Å². The number of aliphatic hydroxyl groups is 1. The molecule has 1 aliphatic rings. The van der Waals surface area contributed by atoms with Crippen molar-refractivity contribution < 1.29 is 27.8 Å². The van der Waals surface area contributed by atoms with Crippen molar-refractivity contribution in [3.05, 3.63) is 76.6 Å². The Morgan fingerprint density at radius 3 is 2.66 bits per heavy atom. The first kappa shape index (κ1) is 24.6. The Morgan fingerprint density at radius 1 is 1.20 bits per heavy atom. The third-order valence-corrected chi connectivity index (χ3v) is 5.97. The molecule has 1 saturated heterocycles. The van der Waals surface area contributed by atoms with Gasteiger partial charge in [0.1, 0.15) is 29.8 Å². The maximum Gasteiger partial charge on any atom is 0.254 e. The number of alkyl halides is 1. The normalized spacial score (nSPS) is 15.1. The molecule has 10 heteroatoms. The van der Waals surface area contributed by atoms with Gasteiger partial charge in [0.25, 0.3) is 5.91 Å². The van der Waals surface area contributed by atoms with Crippen molar-refractivity contribution in [2.24, 2.45) is 0 Å². The van der Waals surface area contributed by atoms with Crippen molar-refractivity contribution >= 4 is 11.7 Å². The largest absolute Gasteiger partial charge is 0.394 e. The van der Waals surface area contributed by atoms with Crippen LogP contribution < -0.4 is 11.1 Å². The molecule has 4 N–H and O–H groups in total. The maximum atomic E-state index is 15.0. The minimum Gasteiger partial charge on any atom is -0.394 e. The molecule has 2 heterocycles. The van der Waals surface area contributed by atoms with Gasteiger partial charge in [-0.05, 0) is 48.2 Å². The Bertz CT molecular complexity index is 1220. The van der Waals surface area contributed by atoms with Crippen LogP contribution in [-0.2, 0) is 11.4 Å². The van der Waals surface area contributed by atoms with Crippen LogP contribution in [0.5, 0.6) is 0 Å². The predicted octanol–water partition coefficient (Wildman–Crippen LogP) is 3.83. The lowest BCUT2D eigenvalue weighted by molar-refractivity contribution is 0.0844. The topological polar surface area (TPSA) is 110 Å². The number of nitrogen functional groups attached to an aromatic ring is 1. The smallest absolute Gasteiger partial charge is 0.254 e. The Kier molecular flexibility index (Phi) is 7.62.